The highest BCUT2D eigenvalue weighted by molar-refractivity contribution is 5.90. The summed E-state index contributed by atoms with van der Waals surface area (Å²) in [5.41, 5.74) is 2.35. The van der Waals surface area contributed by atoms with E-state index in [4.69, 9.17) is 9.47 Å². The van der Waals surface area contributed by atoms with E-state index < -0.39 is 0 Å². The summed E-state index contributed by atoms with van der Waals surface area (Å²) in [6.07, 6.45) is 4.64. The third-order valence-corrected chi connectivity index (χ3v) is 3.33. The molecule has 2 amide bonds. The van der Waals surface area contributed by atoms with E-state index in [0.29, 0.717) is 24.7 Å². The largest absolute Gasteiger partial charge is 0.481 e. The highest BCUT2D eigenvalue weighted by Crippen LogP contribution is 2.11. The zero-order valence-electron chi connectivity index (χ0n) is 14.7. The Morgan fingerprint density at radius 1 is 1.19 bits per heavy atom. The van der Waals surface area contributed by atoms with Crippen LogP contribution in [0, 0.1) is 0 Å². The van der Waals surface area contributed by atoms with Crippen LogP contribution >= 0.6 is 0 Å². The number of benzene rings is 1. The van der Waals surface area contributed by atoms with E-state index in [1.54, 1.807) is 55.6 Å². The predicted molar refractivity (Wildman–Crippen MR) is 98.8 cm³/mol. The van der Waals surface area contributed by atoms with Crippen molar-refractivity contribution in [2.75, 3.05) is 19.0 Å². The molecule has 0 aliphatic rings. The third-order valence-electron chi connectivity index (χ3n) is 3.33. The van der Waals surface area contributed by atoms with Gasteiger partial charge in [-0.1, -0.05) is 12.1 Å². The molecule has 0 aliphatic heterocycles. The molecule has 26 heavy (non-hydrogen) atoms. The first-order valence-electron chi connectivity index (χ1n) is 8.09. The van der Waals surface area contributed by atoms with Gasteiger partial charge in [0.25, 0.3) is 0 Å². The molecular weight excluding hydrogens is 334 g/mol. The van der Waals surface area contributed by atoms with Gasteiger partial charge in [0.2, 0.25) is 5.88 Å². The van der Waals surface area contributed by atoms with Crippen LogP contribution in [-0.4, -0.2) is 30.7 Å². The fourth-order valence-electron chi connectivity index (χ4n) is 2.06. The summed E-state index contributed by atoms with van der Waals surface area (Å²) in [7, 11) is 1.54. The van der Waals surface area contributed by atoms with Gasteiger partial charge in [-0.2, -0.15) is 0 Å². The molecule has 1 aromatic heterocycles. The Labute approximate surface area is 152 Å². The van der Waals surface area contributed by atoms with Crippen LogP contribution in [-0.2, 0) is 16.1 Å². The molecule has 0 saturated carbocycles. The van der Waals surface area contributed by atoms with Gasteiger partial charge in [-0.15, -0.1) is 0 Å². The molecule has 2 N–H and O–H groups in total. The van der Waals surface area contributed by atoms with Crippen molar-refractivity contribution in [1.82, 2.24) is 10.3 Å². The van der Waals surface area contributed by atoms with Gasteiger partial charge in [0.1, 0.15) is 0 Å². The van der Waals surface area contributed by atoms with Gasteiger partial charge in [0.05, 0.1) is 13.7 Å². The van der Waals surface area contributed by atoms with Gasteiger partial charge in [0.15, 0.2) is 0 Å². The summed E-state index contributed by atoms with van der Waals surface area (Å²) >= 11 is 0. The minimum absolute atomic E-state index is 0.324. The number of urea groups is 1. The maximum Gasteiger partial charge on any atom is 0.330 e. The summed E-state index contributed by atoms with van der Waals surface area (Å²) in [6, 6.07) is 10.3. The van der Waals surface area contributed by atoms with Gasteiger partial charge in [-0.25, -0.2) is 14.6 Å². The molecule has 1 aromatic carbocycles. The number of aromatic nitrogens is 1. The Bertz CT molecular complexity index is 773. The van der Waals surface area contributed by atoms with Gasteiger partial charge < -0.3 is 20.1 Å². The highest BCUT2D eigenvalue weighted by atomic mass is 16.5. The van der Waals surface area contributed by atoms with E-state index in [1.165, 1.54) is 13.2 Å². The number of hydrogen-bond donors (Lipinski definition) is 2. The number of nitrogens with one attached hydrogen (secondary N) is 2. The first kappa shape index (κ1) is 19.0. The molecule has 0 saturated heterocycles. The number of rotatable bonds is 7. The summed E-state index contributed by atoms with van der Waals surface area (Å²) in [4.78, 5) is 27.3. The number of nitrogens with zero attached hydrogens (tertiary/aromatic N) is 1. The SMILES string of the molecule is CCOC(=O)/C=C/c1ccc(NC(=O)NCc2ccnc(OC)c2)cc1. The minimum atomic E-state index is -0.387. The number of methoxy groups -OCH3 is 1. The van der Waals surface area contributed by atoms with E-state index in [9.17, 15) is 9.59 Å². The maximum atomic E-state index is 12.0. The molecule has 136 valence electrons. The lowest BCUT2D eigenvalue weighted by molar-refractivity contribution is -0.137. The molecule has 0 fully saturated rings. The number of carbonyl (C=O) groups excluding carboxylic acids is 2. The molecule has 7 heteroatoms. The standard InChI is InChI=1S/C19H21N3O4/c1-3-26-18(23)9-6-14-4-7-16(8-5-14)22-19(24)21-13-15-10-11-20-17(12-15)25-2/h4-12H,3,13H2,1-2H3,(H2,21,22,24)/b9-6+. The average molecular weight is 355 g/mol. The number of anilines is 1. The second-order valence-electron chi connectivity index (χ2n) is 5.22. The van der Waals surface area contributed by atoms with Crippen molar-refractivity contribution in [1.29, 1.82) is 0 Å². The Balaban J connectivity index is 1.84. The molecule has 1 heterocycles. The Morgan fingerprint density at radius 2 is 1.96 bits per heavy atom. The first-order valence-corrected chi connectivity index (χ1v) is 8.09. The lowest BCUT2D eigenvalue weighted by Gasteiger charge is -2.08. The number of hydrogen-bond acceptors (Lipinski definition) is 5. The second-order valence-corrected chi connectivity index (χ2v) is 5.22. The summed E-state index contributed by atoms with van der Waals surface area (Å²) in [6.45, 7) is 2.45. The molecule has 0 atom stereocenters. The maximum absolute atomic E-state index is 12.0. The molecule has 0 spiro atoms. The quantitative estimate of drug-likeness (QED) is 0.589. The fraction of sp³-hybridized carbons (Fsp3) is 0.211. The summed E-state index contributed by atoms with van der Waals surface area (Å²) in [5.74, 6) is 0.109. The van der Waals surface area contributed by atoms with Crippen LogP contribution in [0.15, 0.2) is 48.7 Å². The van der Waals surface area contributed by atoms with Crippen LogP contribution in [0.25, 0.3) is 6.08 Å². The van der Waals surface area contributed by atoms with Crippen molar-refractivity contribution >= 4 is 23.8 Å². The van der Waals surface area contributed by atoms with Crippen LogP contribution < -0.4 is 15.4 Å². The van der Waals surface area contributed by atoms with Crippen molar-refractivity contribution in [3.05, 3.63) is 59.8 Å². The smallest absolute Gasteiger partial charge is 0.330 e. The van der Waals surface area contributed by atoms with E-state index in [2.05, 4.69) is 15.6 Å². The van der Waals surface area contributed by atoms with Crippen molar-refractivity contribution in [2.45, 2.75) is 13.5 Å². The van der Waals surface area contributed by atoms with Crippen LogP contribution in [0.4, 0.5) is 10.5 Å². The van der Waals surface area contributed by atoms with Crippen LogP contribution in [0.5, 0.6) is 5.88 Å². The van der Waals surface area contributed by atoms with Crippen molar-refractivity contribution in [2.24, 2.45) is 0 Å². The second kappa shape index (κ2) is 9.83. The Kier molecular flexibility index (Phi) is 7.17. The number of pyridine rings is 1. The van der Waals surface area contributed by atoms with Crippen LogP contribution in [0.1, 0.15) is 18.1 Å². The molecule has 2 aromatic rings. The van der Waals surface area contributed by atoms with E-state index in [1.807, 2.05) is 0 Å². The van der Waals surface area contributed by atoms with E-state index in [0.717, 1.165) is 11.1 Å². The lowest BCUT2D eigenvalue weighted by Crippen LogP contribution is -2.28. The molecule has 0 unspecified atom stereocenters. The molecule has 7 nitrogen and oxygen atoms in total. The number of amides is 2. The average Bonchev–Trinajstić information content (AvgIpc) is 2.66. The molecule has 0 aliphatic carbocycles. The number of carbonyl (C=O) groups is 2. The topological polar surface area (TPSA) is 89.5 Å². The molecular formula is C19H21N3O4. The summed E-state index contributed by atoms with van der Waals surface area (Å²) < 4.78 is 9.86. The Hall–Kier alpha value is -3.35. The van der Waals surface area contributed by atoms with E-state index in [-0.39, 0.29) is 12.0 Å². The summed E-state index contributed by atoms with van der Waals surface area (Å²) in [5, 5.41) is 5.50. The Morgan fingerprint density at radius 3 is 2.65 bits per heavy atom. The number of esters is 1. The number of ether oxygens (including phenoxy) is 2. The fourth-order valence-corrected chi connectivity index (χ4v) is 2.06. The van der Waals surface area contributed by atoms with Gasteiger partial charge >= 0.3 is 12.0 Å². The van der Waals surface area contributed by atoms with Crippen molar-refractivity contribution < 1.29 is 19.1 Å². The minimum Gasteiger partial charge on any atom is -0.481 e. The third kappa shape index (κ3) is 6.27. The molecule has 0 radical (unpaired) electrons. The van der Waals surface area contributed by atoms with Crippen LogP contribution in [0.3, 0.4) is 0 Å². The highest BCUT2D eigenvalue weighted by Gasteiger charge is 2.03. The molecule has 0 bridgehead atoms. The van der Waals surface area contributed by atoms with Gasteiger partial charge in [0, 0.05) is 30.6 Å². The van der Waals surface area contributed by atoms with Crippen molar-refractivity contribution in [3.8, 4) is 5.88 Å². The predicted octanol–water partition coefficient (Wildman–Crippen LogP) is 2.99. The lowest BCUT2D eigenvalue weighted by atomic mass is 10.2. The first-order chi connectivity index (χ1) is 12.6. The monoisotopic (exact) mass is 355 g/mol. The van der Waals surface area contributed by atoms with Gasteiger partial charge in [-0.3, -0.25) is 0 Å². The normalized spacial score (nSPS) is 10.4. The van der Waals surface area contributed by atoms with E-state index >= 15 is 0 Å². The van der Waals surface area contributed by atoms with Gasteiger partial charge in [-0.05, 0) is 42.3 Å². The van der Waals surface area contributed by atoms with Crippen LogP contribution in [0.2, 0.25) is 0 Å². The van der Waals surface area contributed by atoms with Crippen molar-refractivity contribution in [3.63, 3.8) is 0 Å². The zero-order valence-corrected chi connectivity index (χ0v) is 14.7. The zero-order chi connectivity index (χ0) is 18.8. The molecule has 2 rings (SSSR count).